The van der Waals surface area contributed by atoms with Crippen LogP contribution in [0.1, 0.15) is 132 Å². The van der Waals surface area contributed by atoms with Crippen molar-refractivity contribution in [2.75, 3.05) is 0 Å². The summed E-state index contributed by atoms with van der Waals surface area (Å²) >= 11 is 0. The summed E-state index contributed by atoms with van der Waals surface area (Å²) in [4.78, 5) is 19.9. The van der Waals surface area contributed by atoms with Crippen LogP contribution < -0.4 is 0 Å². The average molecular weight is 1050 g/mol. The summed E-state index contributed by atoms with van der Waals surface area (Å²) < 4.78 is 7.02. The van der Waals surface area contributed by atoms with Gasteiger partial charge in [-0.15, -0.1) is 0 Å². The zero-order valence-electron chi connectivity index (χ0n) is 47.2. The SMILES string of the molecule is [C-]#[N+]c1cc2c(-c3cccc(C)c3C)cn(C3CCC(O)C3)c2cc1C.[C-]#[N+]c1cc2c(-c3cncc(C)c3C)cn(C3CCC(O)C3)c2cc1C.[C-]#[N+]c1cc2c(-c3cncc(C)c3C)cn(C3CCC(O)CC3)c2cc1C. The number of aryl methyl sites for hydroxylation is 6. The highest BCUT2D eigenvalue weighted by atomic mass is 16.3. The Morgan fingerprint density at radius 3 is 1.13 bits per heavy atom. The van der Waals surface area contributed by atoms with Crippen LogP contribution in [0, 0.1) is 82.0 Å². The Bertz CT molecular complexity index is 3770. The highest BCUT2D eigenvalue weighted by Gasteiger charge is 2.29. The summed E-state index contributed by atoms with van der Waals surface area (Å²) in [5.74, 6) is 0. The number of aliphatic hydroxyl groups is 3. The lowest BCUT2D eigenvalue weighted by molar-refractivity contribution is 0.111. The topological polar surface area (TPSA) is 114 Å². The molecule has 11 heteroatoms. The standard InChI is InChI=1S/C23H25N3O.C23H24N2O.C22H23N3O/c1-14-9-23-19(10-22(14)24-4)21(20-12-25-11-15(2)16(20)3)13-26(23)17-5-7-18(27)8-6-17;1-14-6-5-7-19(16(14)3)21-13-25(17-8-9-18(26)11-17)23-10-15(2)22(24-4)12-20(21)23;1-13-7-22-18(9-21(13)23-4)20(19-11-24-10-14(2)15(19)3)12-25(22)16-5-6-17(26)8-16/h9-13,17-18,27H,5-8H2,1-3H3;5-7,10,12-13,17-18,26H,8-9,11H2,1-3H3;7,9-12,16-17,26H,5-6,8H2,1-3H3. The maximum absolute atomic E-state index is 10.0. The van der Waals surface area contributed by atoms with Crippen LogP contribution in [0.4, 0.5) is 17.1 Å². The molecule has 0 spiro atoms. The molecule has 3 aliphatic rings. The van der Waals surface area contributed by atoms with E-state index in [2.05, 4.69) is 135 Å². The zero-order chi connectivity index (χ0) is 56.0. The van der Waals surface area contributed by atoms with E-state index in [0.717, 1.165) is 130 Å². The monoisotopic (exact) mass is 1050 g/mol. The van der Waals surface area contributed by atoms with Crippen LogP contribution in [0.2, 0.25) is 0 Å². The first-order valence-corrected chi connectivity index (χ1v) is 28.0. The van der Waals surface area contributed by atoms with Crippen LogP contribution in [0.3, 0.4) is 0 Å². The van der Waals surface area contributed by atoms with Gasteiger partial charge in [-0.25, -0.2) is 14.5 Å². The molecule has 0 bridgehead atoms. The Kier molecular flexibility index (Phi) is 15.5. The van der Waals surface area contributed by atoms with Crippen molar-refractivity contribution in [2.45, 2.75) is 163 Å². The summed E-state index contributed by atoms with van der Waals surface area (Å²) in [6.45, 7) is 41.2. The van der Waals surface area contributed by atoms with Crippen LogP contribution in [0.25, 0.3) is 80.6 Å². The minimum atomic E-state index is -0.216. The summed E-state index contributed by atoms with van der Waals surface area (Å²) in [5.41, 5.74) is 22.9. The molecule has 4 aromatic carbocycles. The second kappa shape index (κ2) is 22.5. The summed E-state index contributed by atoms with van der Waals surface area (Å²) in [6, 6.07) is 19.9. The van der Waals surface area contributed by atoms with Gasteiger partial charge in [0.15, 0.2) is 17.1 Å². The van der Waals surface area contributed by atoms with Crippen molar-refractivity contribution in [2.24, 2.45) is 0 Å². The Labute approximate surface area is 465 Å². The van der Waals surface area contributed by atoms with Gasteiger partial charge in [0, 0.05) is 106 Å². The van der Waals surface area contributed by atoms with Crippen molar-refractivity contribution in [3.05, 3.63) is 182 Å². The summed E-state index contributed by atoms with van der Waals surface area (Å²) in [5, 5.41) is 33.3. The zero-order valence-corrected chi connectivity index (χ0v) is 47.2. The van der Waals surface area contributed by atoms with E-state index < -0.39 is 0 Å². The molecule has 0 saturated heterocycles. The van der Waals surface area contributed by atoms with E-state index in [1.807, 2.05) is 63.8 Å². The molecule has 4 unspecified atom stereocenters. The van der Waals surface area contributed by atoms with E-state index in [0.29, 0.717) is 35.2 Å². The number of rotatable bonds is 6. The molecule has 0 radical (unpaired) electrons. The number of hydrogen-bond donors (Lipinski definition) is 3. The largest absolute Gasteiger partial charge is 0.393 e. The maximum Gasteiger partial charge on any atom is 0.190 e. The van der Waals surface area contributed by atoms with Gasteiger partial charge >= 0.3 is 0 Å². The molecule has 3 N–H and O–H groups in total. The number of nitrogens with zero attached hydrogens (tertiary/aromatic N) is 8. The fraction of sp³-hybridized carbons (Fsp3) is 0.368. The van der Waals surface area contributed by atoms with Crippen molar-refractivity contribution < 1.29 is 15.3 Å². The molecule has 0 amide bonds. The van der Waals surface area contributed by atoms with E-state index in [1.165, 1.54) is 50.0 Å². The van der Waals surface area contributed by atoms with Crippen LogP contribution in [0.15, 0.2) is 98.0 Å². The molecular formula is C68H72N8O3. The molecule has 402 valence electrons. The minimum Gasteiger partial charge on any atom is -0.393 e. The van der Waals surface area contributed by atoms with Gasteiger partial charge in [0.05, 0.1) is 38.0 Å². The Morgan fingerprint density at radius 1 is 0.392 bits per heavy atom. The summed E-state index contributed by atoms with van der Waals surface area (Å²) in [7, 11) is 0. The maximum atomic E-state index is 10.0. The van der Waals surface area contributed by atoms with Crippen LogP contribution >= 0.6 is 0 Å². The average Bonchev–Trinajstić information content (AvgIpc) is 4.49. The fourth-order valence-electron chi connectivity index (χ4n) is 12.6. The fourth-order valence-corrected chi connectivity index (χ4v) is 12.6. The number of benzene rings is 4. The van der Waals surface area contributed by atoms with Gasteiger partial charge in [-0.3, -0.25) is 9.97 Å². The van der Waals surface area contributed by atoms with Gasteiger partial charge in [0.1, 0.15) is 0 Å². The predicted octanol–water partition coefficient (Wildman–Crippen LogP) is 16.8. The molecule has 3 aliphatic carbocycles. The lowest BCUT2D eigenvalue weighted by Gasteiger charge is -2.27. The number of pyridine rings is 2. The first-order chi connectivity index (χ1) is 38.0. The van der Waals surface area contributed by atoms with Crippen LogP contribution in [-0.4, -0.2) is 57.3 Å². The first-order valence-electron chi connectivity index (χ1n) is 28.0. The molecule has 12 rings (SSSR count). The number of fused-ring (bicyclic) bond motifs is 3. The molecule has 9 aromatic rings. The van der Waals surface area contributed by atoms with Crippen molar-refractivity contribution in [1.29, 1.82) is 0 Å². The third-order valence-corrected chi connectivity index (χ3v) is 17.8. The second-order valence-corrected chi connectivity index (χ2v) is 22.9. The van der Waals surface area contributed by atoms with Crippen molar-refractivity contribution in [1.82, 2.24) is 23.7 Å². The first kappa shape index (κ1) is 54.5. The van der Waals surface area contributed by atoms with E-state index in [1.54, 1.807) is 0 Å². The normalized spacial score (nSPS) is 19.9. The van der Waals surface area contributed by atoms with Crippen LogP contribution in [-0.2, 0) is 0 Å². The highest BCUT2D eigenvalue weighted by molar-refractivity contribution is 6.02. The van der Waals surface area contributed by atoms with Gasteiger partial charge in [-0.05, 0) is 235 Å². The lowest BCUT2D eigenvalue weighted by Crippen LogP contribution is -2.20. The molecule has 4 atom stereocenters. The predicted molar refractivity (Wildman–Crippen MR) is 320 cm³/mol. The molecule has 5 aromatic heterocycles. The number of aliphatic hydroxyl groups excluding tert-OH is 3. The number of hydrogen-bond acceptors (Lipinski definition) is 5. The van der Waals surface area contributed by atoms with Gasteiger partial charge in [0.2, 0.25) is 0 Å². The van der Waals surface area contributed by atoms with Crippen molar-refractivity contribution in [3.8, 4) is 33.4 Å². The molecule has 11 nitrogen and oxygen atoms in total. The Morgan fingerprint density at radius 2 is 0.747 bits per heavy atom. The highest BCUT2D eigenvalue weighted by Crippen LogP contribution is 2.45. The van der Waals surface area contributed by atoms with E-state index in [4.69, 9.17) is 19.7 Å². The van der Waals surface area contributed by atoms with Crippen LogP contribution in [0.5, 0.6) is 0 Å². The third kappa shape index (κ3) is 10.5. The summed E-state index contributed by atoms with van der Waals surface area (Å²) in [6.07, 6.45) is 22.7. The minimum absolute atomic E-state index is 0.166. The Hall–Kier alpha value is -7.85. The molecular weight excluding hydrogens is 977 g/mol. The third-order valence-electron chi connectivity index (χ3n) is 17.8. The smallest absolute Gasteiger partial charge is 0.190 e. The molecule has 5 heterocycles. The Balaban J connectivity index is 0.000000134. The molecule has 79 heavy (non-hydrogen) atoms. The molecule has 0 aliphatic heterocycles. The van der Waals surface area contributed by atoms with Gasteiger partial charge in [-0.2, -0.15) is 0 Å². The molecule has 3 saturated carbocycles. The quantitative estimate of drug-likeness (QED) is 0.144. The second-order valence-electron chi connectivity index (χ2n) is 22.9. The van der Waals surface area contributed by atoms with Gasteiger partial charge in [0.25, 0.3) is 0 Å². The van der Waals surface area contributed by atoms with E-state index in [9.17, 15) is 15.3 Å². The number of aromatic nitrogens is 5. The van der Waals surface area contributed by atoms with Crippen molar-refractivity contribution >= 4 is 49.8 Å². The lowest BCUT2D eigenvalue weighted by atomic mass is 9.93. The van der Waals surface area contributed by atoms with Gasteiger partial charge < -0.3 is 29.0 Å². The van der Waals surface area contributed by atoms with Crippen molar-refractivity contribution in [3.63, 3.8) is 0 Å². The van der Waals surface area contributed by atoms with E-state index in [-0.39, 0.29) is 18.3 Å². The molecule has 3 fully saturated rings. The van der Waals surface area contributed by atoms with Gasteiger partial charge in [-0.1, -0.05) is 18.2 Å². The van der Waals surface area contributed by atoms with E-state index >= 15 is 0 Å².